The van der Waals surface area contributed by atoms with Crippen molar-refractivity contribution in [3.63, 3.8) is 0 Å². The summed E-state index contributed by atoms with van der Waals surface area (Å²) in [5, 5.41) is 0.583. The second kappa shape index (κ2) is 11.8. The number of ether oxygens (including phenoxy) is 2. The van der Waals surface area contributed by atoms with Crippen LogP contribution in [0.1, 0.15) is 38.5 Å². The summed E-state index contributed by atoms with van der Waals surface area (Å²) in [6.45, 7) is 2.77. The van der Waals surface area contributed by atoms with Crippen molar-refractivity contribution < 1.29 is 23.5 Å². The Morgan fingerprint density at radius 3 is 2.37 bits per heavy atom. The van der Waals surface area contributed by atoms with Gasteiger partial charge in [0.1, 0.15) is 17.3 Å². The third-order valence-corrected chi connectivity index (χ3v) is 7.00. The molecule has 6 nitrogen and oxygen atoms in total. The summed E-state index contributed by atoms with van der Waals surface area (Å²) in [7, 11) is 0. The highest BCUT2D eigenvalue weighted by molar-refractivity contribution is 6.30. The van der Waals surface area contributed by atoms with Gasteiger partial charge in [0.15, 0.2) is 6.61 Å². The molecule has 2 saturated heterocycles. The molecule has 2 aromatic rings. The molecule has 1 unspecified atom stereocenters. The zero-order chi connectivity index (χ0) is 24.7. The molecule has 0 aromatic heterocycles. The summed E-state index contributed by atoms with van der Waals surface area (Å²) in [5.74, 6) is 0.684. The van der Waals surface area contributed by atoms with Crippen LogP contribution in [0.25, 0.3) is 0 Å². The summed E-state index contributed by atoms with van der Waals surface area (Å²) in [6.07, 6.45) is 5.11. The van der Waals surface area contributed by atoms with Gasteiger partial charge in [-0.2, -0.15) is 0 Å². The molecule has 0 N–H and O–H groups in total. The normalized spacial score (nSPS) is 20.4. The van der Waals surface area contributed by atoms with Crippen molar-refractivity contribution in [3.8, 4) is 11.5 Å². The third-order valence-electron chi connectivity index (χ3n) is 6.77. The van der Waals surface area contributed by atoms with Crippen LogP contribution < -0.4 is 9.47 Å². The maximum atomic E-state index is 13.2. The lowest BCUT2D eigenvalue weighted by Gasteiger charge is -2.43. The molecule has 2 aromatic carbocycles. The van der Waals surface area contributed by atoms with Crippen LogP contribution >= 0.6 is 11.6 Å². The summed E-state index contributed by atoms with van der Waals surface area (Å²) in [5.41, 5.74) is -0.499. The van der Waals surface area contributed by atoms with Crippen LogP contribution in [0, 0.1) is 11.2 Å². The smallest absolute Gasteiger partial charge is 0.260 e. The quantitative estimate of drug-likeness (QED) is 0.512. The van der Waals surface area contributed by atoms with E-state index in [0.717, 1.165) is 45.2 Å². The van der Waals surface area contributed by atoms with Gasteiger partial charge in [-0.15, -0.1) is 0 Å². The van der Waals surface area contributed by atoms with Gasteiger partial charge < -0.3 is 19.3 Å². The summed E-state index contributed by atoms with van der Waals surface area (Å²) >= 11 is 6.12. The highest BCUT2D eigenvalue weighted by Crippen LogP contribution is 2.36. The minimum atomic E-state index is -0.499. The molecule has 0 spiro atoms. The largest absolute Gasteiger partial charge is 0.493 e. The summed E-state index contributed by atoms with van der Waals surface area (Å²) in [4.78, 5) is 30.0. The van der Waals surface area contributed by atoms with Gasteiger partial charge in [-0.25, -0.2) is 4.39 Å². The Balaban J connectivity index is 1.44. The Morgan fingerprint density at radius 2 is 1.63 bits per heavy atom. The number of hydrogen-bond acceptors (Lipinski definition) is 4. The van der Waals surface area contributed by atoms with E-state index in [1.807, 2.05) is 17.0 Å². The van der Waals surface area contributed by atoms with E-state index >= 15 is 0 Å². The lowest BCUT2D eigenvalue weighted by atomic mass is 9.77. The number of carbonyl (C=O) groups is 2. The fourth-order valence-corrected chi connectivity index (χ4v) is 5.05. The second-order valence-electron chi connectivity index (χ2n) is 9.53. The molecule has 0 bridgehead atoms. The number of benzene rings is 2. The van der Waals surface area contributed by atoms with E-state index in [1.165, 1.54) is 24.3 Å². The van der Waals surface area contributed by atoms with Crippen molar-refractivity contribution >= 4 is 23.4 Å². The van der Waals surface area contributed by atoms with Gasteiger partial charge in [-0.1, -0.05) is 17.7 Å². The number of rotatable bonds is 8. The maximum absolute atomic E-state index is 13.2. The first-order chi connectivity index (χ1) is 16.9. The molecular formula is C27H32ClFN2O4. The fraction of sp³-hybridized carbons (Fsp3) is 0.481. The lowest BCUT2D eigenvalue weighted by Crippen LogP contribution is -2.52. The zero-order valence-corrected chi connectivity index (χ0v) is 20.6. The fourth-order valence-electron chi connectivity index (χ4n) is 4.87. The first-order valence-electron chi connectivity index (χ1n) is 12.2. The molecule has 4 rings (SSSR count). The van der Waals surface area contributed by atoms with E-state index in [0.29, 0.717) is 42.6 Å². The van der Waals surface area contributed by atoms with Crippen LogP contribution in [0.2, 0.25) is 5.02 Å². The lowest BCUT2D eigenvalue weighted by molar-refractivity contribution is -0.143. The Labute approximate surface area is 210 Å². The highest BCUT2D eigenvalue weighted by Gasteiger charge is 2.41. The number of likely N-dealkylation sites (tertiary alicyclic amines) is 2. The topological polar surface area (TPSA) is 59.1 Å². The highest BCUT2D eigenvalue weighted by atomic mass is 35.5. The predicted octanol–water partition coefficient (Wildman–Crippen LogP) is 4.95. The van der Waals surface area contributed by atoms with Crippen LogP contribution in [-0.4, -0.2) is 61.0 Å². The molecule has 35 heavy (non-hydrogen) atoms. The number of carbonyl (C=O) groups excluding carboxylic acids is 2. The summed E-state index contributed by atoms with van der Waals surface area (Å²) < 4.78 is 24.8. The average Bonchev–Trinajstić information content (AvgIpc) is 2.88. The SMILES string of the molecule is O=C(CC1(COc2cccc(Cl)c2)CCCN(C(=O)COc2ccc(F)cc2)C1)N1CCCCC1. The van der Waals surface area contributed by atoms with Crippen LogP contribution in [0.5, 0.6) is 11.5 Å². The molecule has 188 valence electrons. The first-order valence-corrected chi connectivity index (χ1v) is 12.6. The molecular weight excluding hydrogens is 471 g/mol. The van der Waals surface area contributed by atoms with Crippen molar-refractivity contribution in [3.05, 3.63) is 59.4 Å². The van der Waals surface area contributed by atoms with Crippen molar-refractivity contribution in [1.29, 1.82) is 0 Å². The standard InChI is InChI=1S/C27H32ClFN2O4/c28-21-6-4-7-24(16-21)35-20-27(17-25(32)30-13-2-1-3-14-30)12-5-15-31(19-27)26(33)18-34-23-10-8-22(29)9-11-23/h4,6-11,16H,1-3,5,12-15,17-20H2. The maximum Gasteiger partial charge on any atom is 0.260 e. The third kappa shape index (κ3) is 7.10. The van der Waals surface area contributed by atoms with E-state index < -0.39 is 5.41 Å². The van der Waals surface area contributed by atoms with Crippen LogP contribution in [0.4, 0.5) is 4.39 Å². The van der Waals surface area contributed by atoms with Gasteiger partial charge in [0, 0.05) is 43.0 Å². The zero-order valence-electron chi connectivity index (χ0n) is 19.9. The molecule has 0 aliphatic carbocycles. The predicted molar refractivity (Wildman–Crippen MR) is 132 cm³/mol. The van der Waals surface area contributed by atoms with Gasteiger partial charge in [0.25, 0.3) is 5.91 Å². The van der Waals surface area contributed by atoms with Crippen molar-refractivity contribution in [2.45, 2.75) is 38.5 Å². The Kier molecular flexibility index (Phi) is 8.50. The van der Waals surface area contributed by atoms with E-state index in [4.69, 9.17) is 21.1 Å². The van der Waals surface area contributed by atoms with Gasteiger partial charge >= 0.3 is 0 Å². The number of nitrogens with zero attached hydrogens (tertiary/aromatic N) is 2. The monoisotopic (exact) mass is 502 g/mol. The van der Waals surface area contributed by atoms with Crippen molar-refractivity contribution in [2.75, 3.05) is 39.4 Å². The molecule has 1 atom stereocenters. The molecule has 2 amide bonds. The first kappa shape index (κ1) is 25.3. The van der Waals surface area contributed by atoms with Crippen molar-refractivity contribution in [2.24, 2.45) is 5.41 Å². The number of halogens is 2. The molecule has 8 heteroatoms. The van der Waals surface area contributed by atoms with E-state index in [9.17, 15) is 14.0 Å². The molecule has 2 fully saturated rings. The Bertz CT molecular complexity index is 1010. The van der Waals surface area contributed by atoms with Crippen molar-refractivity contribution in [1.82, 2.24) is 9.80 Å². The molecule has 0 saturated carbocycles. The number of piperidine rings is 2. The molecule has 0 radical (unpaired) electrons. The average molecular weight is 503 g/mol. The summed E-state index contributed by atoms with van der Waals surface area (Å²) in [6, 6.07) is 12.8. The van der Waals surface area contributed by atoms with Gasteiger partial charge in [0.05, 0.1) is 6.61 Å². The number of hydrogen-bond donors (Lipinski definition) is 0. The molecule has 2 aliphatic rings. The van der Waals surface area contributed by atoms with Gasteiger partial charge in [-0.05, 0) is 74.6 Å². The molecule has 2 aliphatic heterocycles. The Morgan fingerprint density at radius 1 is 0.886 bits per heavy atom. The van der Waals surface area contributed by atoms with Gasteiger partial charge in [0.2, 0.25) is 5.91 Å². The van der Waals surface area contributed by atoms with E-state index in [1.54, 1.807) is 17.0 Å². The Hall–Kier alpha value is -2.80. The minimum Gasteiger partial charge on any atom is -0.493 e. The minimum absolute atomic E-state index is 0.122. The van der Waals surface area contributed by atoms with Crippen LogP contribution in [0.3, 0.4) is 0 Å². The van der Waals surface area contributed by atoms with Gasteiger partial charge in [-0.3, -0.25) is 9.59 Å². The van der Waals surface area contributed by atoms with E-state index in [-0.39, 0.29) is 24.2 Å². The number of amides is 2. The molecule has 2 heterocycles. The second-order valence-corrected chi connectivity index (χ2v) is 9.96. The van der Waals surface area contributed by atoms with E-state index in [2.05, 4.69) is 0 Å². The van der Waals surface area contributed by atoms with Crippen LogP contribution in [-0.2, 0) is 9.59 Å². The van der Waals surface area contributed by atoms with Crippen LogP contribution in [0.15, 0.2) is 48.5 Å².